The number of halogens is 1. The Morgan fingerprint density at radius 2 is 1.74 bits per heavy atom. The van der Waals surface area contributed by atoms with Gasteiger partial charge in [-0.3, -0.25) is 4.79 Å². The second-order valence-corrected chi connectivity index (χ2v) is 8.34. The summed E-state index contributed by atoms with van der Waals surface area (Å²) in [5.74, 6) is -0.775. The Morgan fingerprint density at radius 1 is 1.04 bits per heavy atom. The van der Waals surface area contributed by atoms with Crippen LogP contribution < -0.4 is 5.32 Å². The molecule has 2 aromatic carbocycles. The molecule has 1 aromatic heterocycles. The predicted octanol–water partition coefficient (Wildman–Crippen LogP) is 3.89. The highest BCUT2D eigenvalue weighted by Crippen LogP contribution is 2.24. The molecule has 0 fully saturated rings. The molecule has 0 spiro atoms. The molecule has 0 aliphatic rings. The summed E-state index contributed by atoms with van der Waals surface area (Å²) in [5.41, 5.74) is 2.44. The largest absolute Gasteiger partial charge is 0.322 e. The van der Waals surface area contributed by atoms with Crippen LogP contribution in [0.4, 0.5) is 10.1 Å². The Bertz CT molecular complexity index is 1130. The third-order valence-corrected chi connectivity index (χ3v) is 5.40. The Labute approximate surface area is 157 Å². The van der Waals surface area contributed by atoms with Gasteiger partial charge in [-0.25, -0.2) is 12.8 Å². The maximum Gasteiger partial charge on any atom is 0.257 e. The lowest BCUT2D eigenvalue weighted by molar-refractivity contribution is 0.102. The Kier molecular flexibility index (Phi) is 4.89. The second-order valence-electron chi connectivity index (χ2n) is 6.33. The van der Waals surface area contributed by atoms with Crippen LogP contribution in [-0.4, -0.2) is 25.1 Å². The zero-order valence-electron chi connectivity index (χ0n) is 15.2. The molecule has 1 amide bonds. The second kappa shape index (κ2) is 7.00. The smallest absolute Gasteiger partial charge is 0.257 e. The van der Waals surface area contributed by atoms with Gasteiger partial charge in [-0.1, -0.05) is 18.2 Å². The van der Waals surface area contributed by atoms with Gasteiger partial charge in [0.15, 0.2) is 9.84 Å². The van der Waals surface area contributed by atoms with Crippen molar-refractivity contribution in [3.63, 3.8) is 0 Å². The summed E-state index contributed by atoms with van der Waals surface area (Å²) in [4.78, 5) is 12.8. The molecule has 0 aliphatic heterocycles. The monoisotopic (exact) mass is 386 g/mol. The maximum atomic E-state index is 14.2. The minimum atomic E-state index is -3.37. The number of amides is 1. The van der Waals surface area contributed by atoms with Gasteiger partial charge >= 0.3 is 0 Å². The molecule has 1 N–H and O–H groups in total. The number of carbonyl (C=O) groups excluding carboxylic acids is 1. The number of benzene rings is 2. The molecule has 0 bridgehead atoms. The highest BCUT2D eigenvalue weighted by atomic mass is 32.2. The highest BCUT2D eigenvalue weighted by molar-refractivity contribution is 7.90. The first-order valence-electron chi connectivity index (χ1n) is 8.24. The van der Waals surface area contributed by atoms with Crippen LogP contribution in [0.25, 0.3) is 5.69 Å². The molecular weight excluding hydrogens is 367 g/mol. The van der Waals surface area contributed by atoms with Crippen LogP contribution >= 0.6 is 0 Å². The van der Waals surface area contributed by atoms with Crippen molar-refractivity contribution in [3.8, 4) is 5.69 Å². The average molecular weight is 386 g/mol. The molecule has 0 saturated heterocycles. The topological polar surface area (TPSA) is 68.2 Å². The minimum Gasteiger partial charge on any atom is -0.322 e. The van der Waals surface area contributed by atoms with Gasteiger partial charge in [0.2, 0.25) is 0 Å². The lowest BCUT2D eigenvalue weighted by Crippen LogP contribution is -2.13. The Hall–Kier alpha value is -2.93. The van der Waals surface area contributed by atoms with Crippen LogP contribution in [0.1, 0.15) is 21.7 Å². The Morgan fingerprint density at radius 3 is 2.41 bits per heavy atom. The van der Waals surface area contributed by atoms with Gasteiger partial charge in [-0.05, 0) is 50.2 Å². The number of aryl methyl sites for hydroxylation is 1. The first-order valence-corrected chi connectivity index (χ1v) is 10.1. The summed E-state index contributed by atoms with van der Waals surface area (Å²) >= 11 is 0. The lowest BCUT2D eigenvalue weighted by Gasteiger charge is -2.11. The number of sulfone groups is 1. The van der Waals surface area contributed by atoms with Crippen LogP contribution in [0, 0.1) is 19.7 Å². The van der Waals surface area contributed by atoms with E-state index in [0.29, 0.717) is 28.3 Å². The average Bonchev–Trinajstić information content (AvgIpc) is 2.90. The molecular formula is C20H19FN2O3S. The van der Waals surface area contributed by atoms with Crippen LogP contribution in [0.5, 0.6) is 0 Å². The standard InChI is InChI=1S/C20H19FN2O3S/c1-13-11-17(14(2)23(13)19-10-5-4-9-18(19)21)20(24)22-15-7-6-8-16(12-15)27(3,25)26/h4-12H,1-3H3,(H,22,24). The van der Waals surface area contributed by atoms with Crippen LogP contribution in [0.15, 0.2) is 59.5 Å². The molecule has 1 heterocycles. The molecule has 27 heavy (non-hydrogen) atoms. The minimum absolute atomic E-state index is 0.122. The SMILES string of the molecule is Cc1cc(C(=O)Nc2cccc(S(C)(=O)=O)c2)c(C)n1-c1ccccc1F. The van der Waals surface area contributed by atoms with E-state index in [9.17, 15) is 17.6 Å². The van der Waals surface area contributed by atoms with Crippen molar-refractivity contribution in [2.45, 2.75) is 18.7 Å². The zero-order valence-corrected chi connectivity index (χ0v) is 16.0. The number of aromatic nitrogens is 1. The van der Waals surface area contributed by atoms with Crippen molar-refractivity contribution in [1.29, 1.82) is 0 Å². The normalized spacial score (nSPS) is 11.4. The van der Waals surface area contributed by atoms with Gasteiger partial charge < -0.3 is 9.88 Å². The number of para-hydroxylation sites is 1. The van der Waals surface area contributed by atoms with E-state index in [0.717, 1.165) is 6.26 Å². The number of anilines is 1. The fourth-order valence-electron chi connectivity index (χ4n) is 3.00. The maximum absolute atomic E-state index is 14.2. The van der Waals surface area contributed by atoms with Crippen molar-refractivity contribution in [2.24, 2.45) is 0 Å². The molecule has 140 valence electrons. The molecule has 0 atom stereocenters. The quantitative estimate of drug-likeness (QED) is 0.740. The van der Waals surface area contributed by atoms with E-state index in [2.05, 4.69) is 5.32 Å². The molecule has 0 unspecified atom stereocenters. The van der Waals surface area contributed by atoms with Crippen molar-refractivity contribution < 1.29 is 17.6 Å². The van der Waals surface area contributed by atoms with E-state index in [1.807, 2.05) is 0 Å². The summed E-state index contributed by atoms with van der Waals surface area (Å²) in [6, 6.07) is 14.1. The van der Waals surface area contributed by atoms with E-state index >= 15 is 0 Å². The number of nitrogens with zero attached hydrogens (tertiary/aromatic N) is 1. The summed E-state index contributed by atoms with van der Waals surface area (Å²) < 4.78 is 39.2. The van der Waals surface area contributed by atoms with E-state index in [4.69, 9.17) is 0 Å². The van der Waals surface area contributed by atoms with E-state index < -0.39 is 15.7 Å². The molecule has 0 aliphatic carbocycles. The van der Waals surface area contributed by atoms with Crippen LogP contribution in [0.3, 0.4) is 0 Å². The molecule has 3 rings (SSSR count). The fraction of sp³-hybridized carbons (Fsp3) is 0.150. The highest BCUT2D eigenvalue weighted by Gasteiger charge is 2.19. The third-order valence-electron chi connectivity index (χ3n) is 4.29. The first kappa shape index (κ1) is 18.8. The fourth-order valence-corrected chi connectivity index (χ4v) is 3.67. The van der Waals surface area contributed by atoms with Crippen molar-refractivity contribution >= 4 is 21.4 Å². The number of hydrogen-bond donors (Lipinski definition) is 1. The molecule has 0 radical (unpaired) electrons. The van der Waals surface area contributed by atoms with Crippen molar-refractivity contribution in [3.05, 3.63) is 77.4 Å². The van der Waals surface area contributed by atoms with Crippen molar-refractivity contribution in [1.82, 2.24) is 4.57 Å². The number of carbonyl (C=O) groups is 1. The predicted molar refractivity (Wildman–Crippen MR) is 103 cm³/mol. The molecule has 5 nitrogen and oxygen atoms in total. The van der Waals surface area contributed by atoms with Gasteiger partial charge in [0, 0.05) is 23.3 Å². The van der Waals surface area contributed by atoms with Crippen LogP contribution in [-0.2, 0) is 9.84 Å². The van der Waals surface area contributed by atoms with E-state index in [1.54, 1.807) is 54.8 Å². The lowest BCUT2D eigenvalue weighted by atomic mass is 10.2. The zero-order chi connectivity index (χ0) is 19.8. The third kappa shape index (κ3) is 3.78. The van der Waals surface area contributed by atoms with Crippen LogP contribution in [0.2, 0.25) is 0 Å². The van der Waals surface area contributed by atoms with Crippen molar-refractivity contribution in [2.75, 3.05) is 11.6 Å². The number of nitrogens with one attached hydrogen (secondary N) is 1. The first-order chi connectivity index (χ1) is 12.7. The summed E-state index contributed by atoms with van der Waals surface area (Å²) in [6.07, 6.45) is 1.11. The van der Waals surface area contributed by atoms with E-state index in [-0.39, 0.29) is 10.7 Å². The molecule has 7 heteroatoms. The summed E-state index contributed by atoms with van der Waals surface area (Å²) in [7, 11) is -3.37. The summed E-state index contributed by atoms with van der Waals surface area (Å²) in [6.45, 7) is 3.53. The van der Waals surface area contributed by atoms with Gasteiger partial charge in [0.25, 0.3) is 5.91 Å². The van der Waals surface area contributed by atoms with Gasteiger partial charge in [-0.2, -0.15) is 0 Å². The number of rotatable bonds is 4. The van der Waals surface area contributed by atoms with Gasteiger partial charge in [-0.15, -0.1) is 0 Å². The summed E-state index contributed by atoms with van der Waals surface area (Å²) in [5, 5.41) is 2.71. The number of hydrogen-bond acceptors (Lipinski definition) is 3. The molecule has 0 saturated carbocycles. The van der Waals surface area contributed by atoms with E-state index in [1.165, 1.54) is 18.2 Å². The van der Waals surface area contributed by atoms with Gasteiger partial charge in [0.05, 0.1) is 16.1 Å². The molecule has 3 aromatic rings. The van der Waals surface area contributed by atoms with Gasteiger partial charge in [0.1, 0.15) is 5.82 Å². The Balaban J connectivity index is 1.96.